The van der Waals surface area contributed by atoms with Gasteiger partial charge in [-0.2, -0.15) is 0 Å². The van der Waals surface area contributed by atoms with Crippen LogP contribution >= 0.6 is 0 Å². The Hall–Kier alpha value is -1.92. The summed E-state index contributed by atoms with van der Waals surface area (Å²) in [5.41, 5.74) is 0.450. The summed E-state index contributed by atoms with van der Waals surface area (Å²) in [4.78, 5) is 27.9. The molecule has 0 aromatic heterocycles. The number of benzene rings is 1. The minimum Gasteiger partial charge on any atom is -0.493 e. The Morgan fingerprint density at radius 2 is 1.91 bits per heavy atom. The van der Waals surface area contributed by atoms with Gasteiger partial charge in [-0.1, -0.05) is 0 Å². The van der Waals surface area contributed by atoms with E-state index in [4.69, 9.17) is 9.84 Å². The number of piperazine rings is 1. The molecule has 1 aliphatic heterocycles. The highest BCUT2D eigenvalue weighted by molar-refractivity contribution is 6.02. The number of carbonyl (C=O) groups excluding carboxylic acids is 1. The van der Waals surface area contributed by atoms with Crippen LogP contribution in [0.4, 0.5) is 0 Å². The number of aromatic carboxylic acids is 1. The highest BCUT2D eigenvalue weighted by atomic mass is 16.5. The zero-order valence-corrected chi connectivity index (χ0v) is 13.0. The van der Waals surface area contributed by atoms with Gasteiger partial charge < -0.3 is 14.7 Å². The highest BCUT2D eigenvalue weighted by Crippen LogP contribution is 2.21. The van der Waals surface area contributed by atoms with E-state index in [0.717, 1.165) is 26.2 Å². The number of carboxylic acids is 1. The van der Waals surface area contributed by atoms with E-state index in [1.807, 2.05) is 6.92 Å². The fraction of sp³-hybridized carbons (Fsp3) is 0.500. The molecular formula is C16H22N2O4. The van der Waals surface area contributed by atoms with E-state index in [0.29, 0.717) is 17.9 Å². The third kappa shape index (κ3) is 4.05. The lowest BCUT2D eigenvalue weighted by atomic mass is 10.0. The number of ketones is 1. The Morgan fingerprint density at radius 3 is 2.50 bits per heavy atom. The summed E-state index contributed by atoms with van der Waals surface area (Å²) < 4.78 is 5.46. The van der Waals surface area contributed by atoms with Crippen molar-refractivity contribution in [2.45, 2.75) is 6.92 Å². The van der Waals surface area contributed by atoms with Crippen LogP contribution in [0.1, 0.15) is 27.6 Å². The van der Waals surface area contributed by atoms with Crippen molar-refractivity contribution in [1.29, 1.82) is 0 Å². The van der Waals surface area contributed by atoms with Crippen LogP contribution in [-0.2, 0) is 0 Å². The Bertz CT molecular complexity index is 551. The number of nitrogens with zero attached hydrogens (tertiary/aromatic N) is 2. The second-order valence-electron chi connectivity index (χ2n) is 5.45. The summed E-state index contributed by atoms with van der Waals surface area (Å²) in [7, 11) is 2.06. The van der Waals surface area contributed by atoms with Gasteiger partial charge in [0.05, 0.1) is 24.3 Å². The quantitative estimate of drug-likeness (QED) is 0.797. The largest absolute Gasteiger partial charge is 0.493 e. The maximum Gasteiger partial charge on any atom is 0.335 e. The highest BCUT2D eigenvalue weighted by Gasteiger charge is 2.21. The Labute approximate surface area is 130 Å². The van der Waals surface area contributed by atoms with Crippen LogP contribution < -0.4 is 4.74 Å². The lowest BCUT2D eigenvalue weighted by Gasteiger charge is -2.31. The first-order valence-corrected chi connectivity index (χ1v) is 7.45. The minimum atomic E-state index is -1.04. The molecule has 0 amide bonds. The van der Waals surface area contributed by atoms with E-state index >= 15 is 0 Å². The molecule has 1 saturated heterocycles. The lowest BCUT2D eigenvalue weighted by molar-refractivity contribution is 0.0697. The standard InChI is InChI=1S/C16H22N2O4/c1-3-22-15-5-4-12(16(20)21)10-13(15)14(19)11-18-8-6-17(2)7-9-18/h4-5,10H,3,6-9,11H2,1-2H3,(H,20,21). The molecule has 0 bridgehead atoms. The SMILES string of the molecule is CCOc1ccc(C(=O)O)cc1C(=O)CN1CCN(C)CC1. The molecule has 0 aliphatic carbocycles. The first kappa shape index (κ1) is 16.5. The number of Topliss-reactive ketones (excluding diaryl/α,β-unsaturated/α-hetero) is 1. The maximum absolute atomic E-state index is 12.5. The van der Waals surface area contributed by atoms with Crippen molar-refractivity contribution in [1.82, 2.24) is 9.80 Å². The van der Waals surface area contributed by atoms with Crippen LogP contribution in [0.15, 0.2) is 18.2 Å². The minimum absolute atomic E-state index is 0.101. The molecule has 1 heterocycles. The van der Waals surface area contributed by atoms with Gasteiger partial charge in [-0.3, -0.25) is 9.69 Å². The van der Waals surface area contributed by atoms with Crippen LogP contribution in [-0.4, -0.2) is 73.0 Å². The van der Waals surface area contributed by atoms with Gasteiger partial charge in [0.2, 0.25) is 0 Å². The van der Waals surface area contributed by atoms with Crippen LogP contribution in [0, 0.1) is 0 Å². The Balaban J connectivity index is 2.15. The van der Waals surface area contributed by atoms with E-state index < -0.39 is 5.97 Å². The van der Waals surface area contributed by atoms with Gasteiger partial charge in [0.1, 0.15) is 5.75 Å². The van der Waals surface area contributed by atoms with Crippen molar-refractivity contribution in [3.05, 3.63) is 29.3 Å². The predicted molar refractivity (Wildman–Crippen MR) is 82.8 cm³/mol. The number of rotatable bonds is 6. The van der Waals surface area contributed by atoms with Crippen molar-refractivity contribution >= 4 is 11.8 Å². The molecule has 0 saturated carbocycles. The molecule has 0 atom stereocenters. The average molecular weight is 306 g/mol. The summed E-state index contributed by atoms with van der Waals surface area (Å²) >= 11 is 0. The molecule has 0 spiro atoms. The van der Waals surface area contributed by atoms with Gasteiger partial charge in [0.25, 0.3) is 0 Å². The fourth-order valence-electron chi connectivity index (χ4n) is 2.46. The van der Waals surface area contributed by atoms with Gasteiger partial charge in [0.15, 0.2) is 5.78 Å². The summed E-state index contributed by atoms with van der Waals surface area (Å²) in [5, 5.41) is 9.09. The van der Waals surface area contributed by atoms with Crippen molar-refractivity contribution in [2.24, 2.45) is 0 Å². The van der Waals surface area contributed by atoms with Gasteiger partial charge in [-0.05, 0) is 32.2 Å². The van der Waals surface area contributed by atoms with Crippen molar-refractivity contribution < 1.29 is 19.4 Å². The van der Waals surface area contributed by atoms with Crippen molar-refractivity contribution in [3.63, 3.8) is 0 Å². The second kappa shape index (κ2) is 7.38. The molecule has 1 aliphatic rings. The number of carboxylic acid groups (broad SMARTS) is 1. The summed E-state index contributed by atoms with van der Waals surface area (Å²) in [6.07, 6.45) is 0. The van der Waals surface area contributed by atoms with Crippen LogP contribution in [0.25, 0.3) is 0 Å². The molecule has 2 rings (SSSR count). The zero-order valence-electron chi connectivity index (χ0n) is 13.0. The number of ether oxygens (including phenoxy) is 1. The number of hydrogen-bond acceptors (Lipinski definition) is 5. The second-order valence-corrected chi connectivity index (χ2v) is 5.45. The van der Waals surface area contributed by atoms with Gasteiger partial charge in [0, 0.05) is 26.2 Å². The molecule has 1 aromatic carbocycles. The average Bonchev–Trinajstić information content (AvgIpc) is 2.50. The molecule has 1 N–H and O–H groups in total. The lowest BCUT2D eigenvalue weighted by Crippen LogP contribution is -2.46. The van der Waals surface area contributed by atoms with Crippen molar-refractivity contribution in [3.8, 4) is 5.75 Å². The third-order valence-electron chi connectivity index (χ3n) is 3.79. The normalized spacial score (nSPS) is 16.5. The number of likely N-dealkylation sites (N-methyl/N-ethyl adjacent to an activating group) is 1. The molecule has 6 heteroatoms. The molecule has 1 aromatic rings. The molecule has 22 heavy (non-hydrogen) atoms. The molecule has 0 radical (unpaired) electrons. The monoisotopic (exact) mass is 306 g/mol. The molecule has 6 nitrogen and oxygen atoms in total. The first-order valence-electron chi connectivity index (χ1n) is 7.45. The summed E-state index contributed by atoms with van der Waals surface area (Å²) in [5.74, 6) is -0.695. The van der Waals surface area contributed by atoms with E-state index in [-0.39, 0.29) is 17.9 Å². The number of carbonyl (C=O) groups is 2. The van der Waals surface area contributed by atoms with E-state index in [1.54, 1.807) is 6.07 Å². The Kier molecular flexibility index (Phi) is 5.51. The van der Waals surface area contributed by atoms with Gasteiger partial charge in [-0.15, -0.1) is 0 Å². The third-order valence-corrected chi connectivity index (χ3v) is 3.79. The molecule has 1 fully saturated rings. The van der Waals surface area contributed by atoms with E-state index in [9.17, 15) is 9.59 Å². The van der Waals surface area contributed by atoms with E-state index in [2.05, 4.69) is 16.8 Å². The van der Waals surface area contributed by atoms with Crippen molar-refractivity contribution in [2.75, 3.05) is 46.4 Å². The smallest absolute Gasteiger partial charge is 0.335 e. The fourth-order valence-corrected chi connectivity index (χ4v) is 2.46. The van der Waals surface area contributed by atoms with E-state index in [1.165, 1.54) is 12.1 Å². The molecular weight excluding hydrogens is 284 g/mol. The first-order chi connectivity index (χ1) is 10.5. The molecule has 0 unspecified atom stereocenters. The topological polar surface area (TPSA) is 70.1 Å². The van der Waals surface area contributed by atoms with Crippen LogP contribution in [0.2, 0.25) is 0 Å². The summed E-state index contributed by atoms with van der Waals surface area (Å²) in [6, 6.07) is 4.43. The number of hydrogen-bond donors (Lipinski definition) is 1. The van der Waals surface area contributed by atoms with Gasteiger partial charge in [-0.25, -0.2) is 4.79 Å². The summed E-state index contributed by atoms with van der Waals surface area (Å²) in [6.45, 7) is 6.09. The molecule has 120 valence electrons. The van der Waals surface area contributed by atoms with Crippen LogP contribution in [0.3, 0.4) is 0 Å². The predicted octanol–water partition coefficient (Wildman–Crippen LogP) is 1.21. The van der Waals surface area contributed by atoms with Gasteiger partial charge >= 0.3 is 5.97 Å². The zero-order chi connectivity index (χ0) is 16.1. The maximum atomic E-state index is 12.5. The van der Waals surface area contributed by atoms with Crippen LogP contribution in [0.5, 0.6) is 5.75 Å². The Morgan fingerprint density at radius 1 is 1.23 bits per heavy atom.